The second-order valence-corrected chi connectivity index (χ2v) is 6.22. The van der Waals surface area contributed by atoms with Gasteiger partial charge < -0.3 is 10.1 Å². The van der Waals surface area contributed by atoms with Crippen LogP contribution in [0.4, 0.5) is 0 Å². The van der Waals surface area contributed by atoms with Crippen LogP contribution in [-0.2, 0) is 6.42 Å². The van der Waals surface area contributed by atoms with Crippen molar-refractivity contribution in [3.63, 3.8) is 0 Å². The molecule has 3 rings (SSSR count). The quantitative estimate of drug-likeness (QED) is 0.787. The third kappa shape index (κ3) is 3.12. The van der Waals surface area contributed by atoms with Crippen LogP contribution < -0.4 is 10.1 Å². The van der Waals surface area contributed by atoms with Crippen molar-refractivity contribution in [3.8, 4) is 5.75 Å². The molecule has 22 heavy (non-hydrogen) atoms. The third-order valence-corrected chi connectivity index (χ3v) is 4.27. The largest absolute Gasteiger partial charge is 0.497 e. The molecule has 1 aromatic carbocycles. The highest BCUT2D eigenvalue weighted by atomic mass is 32.1. The van der Waals surface area contributed by atoms with Crippen molar-refractivity contribution in [1.82, 2.24) is 14.7 Å². The number of aromatic nitrogens is 2. The van der Waals surface area contributed by atoms with Gasteiger partial charge in [0.2, 0.25) is 0 Å². The zero-order chi connectivity index (χ0) is 15.5. The number of hydrogen-bond acceptors (Lipinski definition) is 4. The van der Waals surface area contributed by atoms with Crippen LogP contribution in [0.15, 0.2) is 36.7 Å². The first-order valence-electron chi connectivity index (χ1n) is 7.02. The van der Waals surface area contributed by atoms with Crippen molar-refractivity contribution in [2.24, 2.45) is 0 Å². The summed E-state index contributed by atoms with van der Waals surface area (Å²) in [6.45, 7) is 2.60. The van der Waals surface area contributed by atoms with Crippen molar-refractivity contribution in [3.05, 3.63) is 52.8 Å². The molecule has 0 aliphatic rings. The molecular weight excluding hydrogens is 298 g/mol. The maximum absolute atomic E-state index is 12.1. The maximum atomic E-state index is 12.1. The van der Waals surface area contributed by atoms with E-state index >= 15 is 0 Å². The third-order valence-electron chi connectivity index (χ3n) is 3.36. The normalized spacial score (nSPS) is 10.8. The van der Waals surface area contributed by atoms with E-state index in [2.05, 4.69) is 10.3 Å². The summed E-state index contributed by atoms with van der Waals surface area (Å²) in [5, 5.41) is 2.90. The molecule has 1 N–H and O–H groups in total. The Balaban J connectivity index is 1.56. The van der Waals surface area contributed by atoms with Crippen molar-refractivity contribution in [1.29, 1.82) is 0 Å². The first kappa shape index (κ1) is 14.6. The zero-order valence-electron chi connectivity index (χ0n) is 12.5. The molecule has 6 heteroatoms. The lowest BCUT2D eigenvalue weighted by molar-refractivity contribution is 0.0950. The van der Waals surface area contributed by atoms with E-state index < -0.39 is 0 Å². The minimum atomic E-state index is -0.137. The van der Waals surface area contributed by atoms with Crippen LogP contribution >= 0.6 is 11.3 Å². The number of amides is 1. The molecule has 0 radical (unpaired) electrons. The van der Waals surface area contributed by atoms with Gasteiger partial charge in [-0.2, -0.15) is 0 Å². The Bertz CT molecular complexity index is 758. The van der Waals surface area contributed by atoms with Crippen LogP contribution in [-0.4, -0.2) is 28.9 Å². The summed E-state index contributed by atoms with van der Waals surface area (Å²) in [6.07, 6.45) is 4.51. The molecule has 0 unspecified atom stereocenters. The van der Waals surface area contributed by atoms with Crippen LogP contribution in [0, 0.1) is 6.92 Å². The summed E-state index contributed by atoms with van der Waals surface area (Å²) in [5.41, 5.74) is 1.61. The predicted octanol–water partition coefficient (Wildman–Crippen LogP) is 2.69. The molecule has 1 amide bonds. The molecule has 0 aliphatic heterocycles. The fourth-order valence-corrected chi connectivity index (χ4v) is 3.03. The van der Waals surface area contributed by atoms with Gasteiger partial charge in [-0.15, -0.1) is 11.3 Å². The number of carbonyl (C=O) groups is 1. The van der Waals surface area contributed by atoms with E-state index in [1.165, 1.54) is 4.88 Å². The van der Waals surface area contributed by atoms with E-state index in [-0.39, 0.29) is 5.91 Å². The smallest absolute Gasteiger partial charge is 0.271 e. The fraction of sp³-hybridized carbons (Fsp3) is 0.250. The number of nitrogens with one attached hydrogen (secondary N) is 1. The van der Waals surface area contributed by atoms with Gasteiger partial charge in [-0.05, 0) is 31.0 Å². The molecular formula is C16H17N3O2S. The maximum Gasteiger partial charge on any atom is 0.271 e. The van der Waals surface area contributed by atoms with E-state index in [0.29, 0.717) is 12.2 Å². The topological polar surface area (TPSA) is 55.6 Å². The summed E-state index contributed by atoms with van der Waals surface area (Å²) in [7, 11) is 1.65. The summed E-state index contributed by atoms with van der Waals surface area (Å²) in [6, 6.07) is 7.84. The van der Waals surface area contributed by atoms with Crippen LogP contribution in [0.2, 0.25) is 0 Å². The molecule has 0 fully saturated rings. The Hall–Kier alpha value is -2.34. The van der Waals surface area contributed by atoms with E-state index in [4.69, 9.17) is 4.74 Å². The molecule has 2 heterocycles. The van der Waals surface area contributed by atoms with Crippen molar-refractivity contribution >= 4 is 22.2 Å². The number of methoxy groups -OCH3 is 1. The number of rotatable bonds is 5. The van der Waals surface area contributed by atoms with Crippen LogP contribution in [0.1, 0.15) is 20.9 Å². The van der Waals surface area contributed by atoms with Gasteiger partial charge >= 0.3 is 0 Å². The van der Waals surface area contributed by atoms with Gasteiger partial charge in [-0.25, -0.2) is 4.98 Å². The number of fused-ring (bicyclic) bond motifs is 1. The lowest BCUT2D eigenvalue weighted by Crippen LogP contribution is -2.25. The second kappa shape index (κ2) is 6.19. The molecule has 0 atom stereocenters. The number of thiazole rings is 1. The van der Waals surface area contributed by atoms with E-state index in [9.17, 15) is 4.79 Å². The average Bonchev–Trinajstić information content (AvgIpc) is 3.05. The minimum absolute atomic E-state index is 0.137. The first-order valence-corrected chi connectivity index (χ1v) is 7.83. The van der Waals surface area contributed by atoms with Gasteiger partial charge in [-0.3, -0.25) is 9.20 Å². The SMILES string of the molecule is COc1ccc(CCNC(=O)c2cn3cc(C)sc3n2)cc1. The highest BCUT2D eigenvalue weighted by molar-refractivity contribution is 7.17. The van der Waals surface area contributed by atoms with Crippen LogP contribution in [0.5, 0.6) is 5.75 Å². The van der Waals surface area contributed by atoms with Gasteiger partial charge in [0.25, 0.3) is 5.91 Å². The number of hydrogen-bond donors (Lipinski definition) is 1. The molecule has 3 aromatic rings. The van der Waals surface area contributed by atoms with Gasteiger partial charge in [0.05, 0.1) is 7.11 Å². The van der Waals surface area contributed by atoms with Gasteiger partial charge in [-0.1, -0.05) is 12.1 Å². The monoisotopic (exact) mass is 315 g/mol. The fourth-order valence-electron chi connectivity index (χ4n) is 2.22. The number of imidazole rings is 1. The molecule has 0 saturated carbocycles. The van der Waals surface area contributed by atoms with Gasteiger partial charge in [0.15, 0.2) is 4.96 Å². The predicted molar refractivity (Wildman–Crippen MR) is 86.8 cm³/mol. The Morgan fingerprint density at radius 1 is 1.32 bits per heavy atom. The van der Waals surface area contributed by atoms with Crippen molar-refractivity contribution < 1.29 is 9.53 Å². The molecule has 0 spiro atoms. The Kier molecular flexibility index (Phi) is 4.11. The Morgan fingerprint density at radius 2 is 2.09 bits per heavy atom. The summed E-state index contributed by atoms with van der Waals surface area (Å²) in [5.74, 6) is 0.697. The lowest BCUT2D eigenvalue weighted by Gasteiger charge is -2.05. The second-order valence-electron chi connectivity index (χ2n) is 5.01. The standard InChI is InChI=1S/C16H17N3O2S/c1-11-9-19-10-14(18-16(19)22-11)15(20)17-8-7-12-3-5-13(21-2)6-4-12/h3-6,9-10H,7-8H2,1-2H3,(H,17,20). The van der Waals surface area contributed by atoms with Crippen molar-refractivity contribution in [2.45, 2.75) is 13.3 Å². The van der Waals surface area contributed by atoms with Crippen LogP contribution in [0.25, 0.3) is 4.96 Å². The van der Waals surface area contributed by atoms with Crippen LogP contribution in [0.3, 0.4) is 0 Å². The summed E-state index contributed by atoms with van der Waals surface area (Å²) < 4.78 is 7.01. The number of carbonyl (C=O) groups excluding carboxylic acids is 1. The Labute approximate surface area is 132 Å². The molecule has 2 aromatic heterocycles. The lowest BCUT2D eigenvalue weighted by atomic mass is 10.1. The van der Waals surface area contributed by atoms with Gasteiger partial charge in [0.1, 0.15) is 11.4 Å². The van der Waals surface area contributed by atoms with Gasteiger partial charge in [0, 0.05) is 23.8 Å². The number of ether oxygens (including phenoxy) is 1. The van der Waals surface area contributed by atoms with Crippen molar-refractivity contribution in [2.75, 3.05) is 13.7 Å². The summed E-state index contributed by atoms with van der Waals surface area (Å²) >= 11 is 1.57. The molecule has 5 nitrogen and oxygen atoms in total. The van der Waals surface area contributed by atoms with E-state index in [1.54, 1.807) is 24.6 Å². The molecule has 114 valence electrons. The minimum Gasteiger partial charge on any atom is -0.497 e. The van der Waals surface area contributed by atoms with E-state index in [0.717, 1.165) is 22.7 Å². The average molecular weight is 315 g/mol. The molecule has 0 aliphatic carbocycles. The first-order chi connectivity index (χ1) is 10.7. The number of aryl methyl sites for hydroxylation is 1. The highest BCUT2D eigenvalue weighted by Gasteiger charge is 2.11. The number of nitrogens with zero attached hydrogens (tertiary/aromatic N) is 2. The highest BCUT2D eigenvalue weighted by Crippen LogP contribution is 2.16. The Morgan fingerprint density at radius 3 is 2.77 bits per heavy atom. The van der Waals surface area contributed by atoms with E-state index in [1.807, 2.05) is 41.8 Å². The molecule has 0 bridgehead atoms. The number of benzene rings is 1. The molecule has 0 saturated heterocycles. The zero-order valence-corrected chi connectivity index (χ0v) is 13.3. The summed E-state index contributed by atoms with van der Waals surface area (Å²) in [4.78, 5) is 18.4.